The number of rotatable bonds is 2. The van der Waals surface area contributed by atoms with Crippen LogP contribution >= 0.6 is 0 Å². The average molecular weight is 288 g/mol. The number of nitrogens with zero attached hydrogens (tertiary/aromatic N) is 2. The molecule has 22 heavy (non-hydrogen) atoms. The van der Waals surface area contributed by atoms with Crippen molar-refractivity contribution in [2.45, 2.75) is 0 Å². The molecule has 4 nitrogen and oxygen atoms in total. The van der Waals surface area contributed by atoms with Gasteiger partial charge in [-0.25, -0.2) is 0 Å². The second-order valence-electron chi connectivity index (χ2n) is 4.99. The van der Waals surface area contributed by atoms with Crippen LogP contribution in [0.4, 0.5) is 5.69 Å². The number of nitriles is 1. The van der Waals surface area contributed by atoms with Gasteiger partial charge in [0, 0.05) is 29.9 Å². The van der Waals surface area contributed by atoms with E-state index in [0.29, 0.717) is 16.8 Å². The van der Waals surface area contributed by atoms with Crippen molar-refractivity contribution in [2.75, 3.05) is 11.9 Å². The Balaban J connectivity index is 2.06. The van der Waals surface area contributed by atoms with Crippen LogP contribution in [-0.2, 0) is 4.79 Å². The molecule has 0 heterocycles. The fourth-order valence-electron chi connectivity index (χ4n) is 2.48. The Hall–Kier alpha value is -3.19. The average Bonchev–Trinajstić information content (AvgIpc) is 2.57. The van der Waals surface area contributed by atoms with Crippen molar-refractivity contribution in [2.24, 2.45) is 0 Å². The maximum absolute atomic E-state index is 12.0. The van der Waals surface area contributed by atoms with Crippen molar-refractivity contribution in [1.82, 2.24) is 0 Å². The van der Waals surface area contributed by atoms with Crippen molar-refractivity contribution in [3.8, 4) is 6.07 Å². The summed E-state index contributed by atoms with van der Waals surface area (Å²) in [6.45, 7) is 0. The summed E-state index contributed by atoms with van der Waals surface area (Å²) in [4.78, 5) is 25.7. The van der Waals surface area contributed by atoms with E-state index in [1.165, 1.54) is 6.08 Å². The van der Waals surface area contributed by atoms with Crippen LogP contribution in [0.15, 0.2) is 54.6 Å². The Morgan fingerprint density at radius 1 is 0.955 bits per heavy atom. The number of fused-ring (bicyclic) bond motifs is 1. The molecule has 0 saturated heterocycles. The fraction of sp³-hybridized carbons (Fsp3) is 0.0556. The molecule has 0 aliphatic heterocycles. The first-order chi connectivity index (χ1) is 10.6. The van der Waals surface area contributed by atoms with Crippen molar-refractivity contribution >= 4 is 23.0 Å². The Bertz CT molecular complexity index is 842. The van der Waals surface area contributed by atoms with Gasteiger partial charge in [0.25, 0.3) is 0 Å². The fourth-order valence-corrected chi connectivity index (χ4v) is 2.48. The highest BCUT2D eigenvalue weighted by Gasteiger charge is 2.27. The standard InChI is InChI=1S/C18H12N2O2/c1-20(13-8-6-12(11-19)7-9-13)16-10-17(21)18(22)15-5-3-2-4-14(15)16/h2-10H,1H3. The summed E-state index contributed by atoms with van der Waals surface area (Å²) in [7, 11) is 1.83. The molecule has 106 valence electrons. The van der Waals surface area contributed by atoms with Crippen LogP contribution in [0.2, 0.25) is 0 Å². The summed E-state index contributed by atoms with van der Waals surface area (Å²) in [5.74, 6) is -0.998. The molecule has 2 aromatic carbocycles. The van der Waals surface area contributed by atoms with Gasteiger partial charge in [-0.05, 0) is 24.3 Å². The second kappa shape index (κ2) is 5.30. The smallest absolute Gasteiger partial charge is 0.233 e. The molecule has 0 radical (unpaired) electrons. The largest absolute Gasteiger partial charge is 0.344 e. The first kappa shape index (κ1) is 13.8. The molecule has 0 spiro atoms. The summed E-state index contributed by atoms with van der Waals surface area (Å²) in [6.07, 6.45) is 1.36. The molecule has 0 fully saturated rings. The van der Waals surface area contributed by atoms with Crippen molar-refractivity contribution in [3.05, 3.63) is 71.3 Å². The lowest BCUT2D eigenvalue weighted by Gasteiger charge is -2.26. The highest BCUT2D eigenvalue weighted by molar-refractivity contribution is 6.50. The first-order valence-corrected chi connectivity index (χ1v) is 6.75. The SMILES string of the molecule is CN(C1=CC(=O)C(=O)c2ccccc21)c1ccc(C#N)cc1. The van der Waals surface area contributed by atoms with Crippen molar-refractivity contribution in [1.29, 1.82) is 5.26 Å². The number of Topliss-reactive ketones (excluding diaryl/α,β-unsaturated/α-hetero) is 1. The number of hydrogen-bond acceptors (Lipinski definition) is 4. The van der Waals surface area contributed by atoms with E-state index in [9.17, 15) is 9.59 Å². The molecule has 4 heteroatoms. The summed E-state index contributed by atoms with van der Waals surface area (Å²) in [5.41, 5.74) is 3.23. The van der Waals surface area contributed by atoms with Crippen molar-refractivity contribution < 1.29 is 9.59 Å². The molecule has 0 saturated carbocycles. The topological polar surface area (TPSA) is 61.2 Å². The molecule has 1 aliphatic rings. The van der Waals surface area contributed by atoms with Crippen molar-refractivity contribution in [3.63, 3.8) is 0 Å². The number of allylic oxidation sites excluding steroid dienone is 1. The van der Waals surface area contributed by atoms with Gasteiger partial charge in [0.05, 0.1) is 17.3 Å². The lowest BCUT2D eigenvalue weighted by molar-refractivity contribution is -0.111. The molecule has 0 atom stereocenters. The Morgan fingerprint density at radius 2 is 1.59 bits per heavy atom. The van der Waals surface area contributed by atoms with E-state index in [1.807, 2.05) is 36.2 Å². The molecule has 1 aliphatic carbocycles. The highest BCUT2D eigenvalue weighted by atomic mass is 16.2. The third-order valence-corrected chi connectivity index (χ3v) is 3.68. The lowest BCUT2D eigenvalue weighted by atomic mass is 9.92. The molecule has 0 aromatic heterocycles. The van der Waals surface area contributed by atoms with Gasteiger partial charge in [-0.1, -0.05) is 24.3 Å². The minimum atomic E-state index is -0.519. The van der Waals surface area contributed by atoms with E-state index in [2.05, 4.69) is 6.07 Å². The highest BCUT2D eigenvalue weighted by Crippen LogP contribution is 2.30. The zero-order valence-corrected chi connectivity index (χ0v) is 11.9. The van der Waals surface area contributed by atoms with Gasteiger partial charge in [-0.3, -0.25) is 9.59 Å². The quantitative estimate of drug-likeness (QED) is 0.797. The summed E-state index contributed by atoms with van der Waals surface area (Å²) in [6, 6.07) is 16.2. The normalized spacial score (nSPS) is 13.2. The molecule has 0 amide bonds. The minimum Gasteiger partial charge on any atom is -0.344 e. The van der Waals surface area contributed by atoms with Gasteiger partial charge in [-0.2, -0.15) is 5.26 Å². The van der Waals surface area contributed by atoms with Gasteiger partial charge >= 0.3 is 0 Å². The van der Waals surface area contributed by atoms with Crippen LogP contribution < -0.4 is 4.90 Å². The van der Waals surface area contributed by atoms with E-state index in [0.717, 1.165) is 11.3 Å². The number of carbonyl (C=O) groups is 2. The first-order valence-electron chi connectivity index (χ1n) is 6.75. The molecule has 3 rings (SSSR count). The molecule has 2 aromatic rings. The molecular formula is C18H12N2O2. The lowest BCUT2D eigenvalue weighted by Crippen LogP contribution is -2.25. The van der Waals surface area contributed by atoms with E-state index in [1.54, 1.807) is 24.3 Å². The number of carbonyl (C=O) groups excluding carboxylic acids is 2. The predicted molar refractivity (Wildman–Crippen MR) is 83.3 cm³/mol. The van der Waals surface area contributed by atoms with Crippen LogP contribution in [0.5, 0.6) is 0 Å². The van der Waals surface area contributed by atoms with Gasteiger partial charge in [-0.15, -0.1) is 0 Å². The monoisotopic (exact) mass is 288 g/mol. The maximum Gasteiger partial charge on any atom is 0.233 e. The summed E-state index contributed by atoms with van der Waals surface area (Å²) in [5, 5.41) is 8.85. The minimum absolute atomic E-state index is 0.422. The van der Waals surface area contributed by atoms with Gasteiger partial charge in [0.15, 0.2) is 0 Å². The van der Waals surface area contributed by atoms with Crippen LogP contribution in [0.3, 0.4) is 0 Å². The molecule has 0 unspecified atom stereocenters. The number of anilines is 1. The third-order valence-electron chi connectivity index (χ3n) is 3.68. The molecule has 0 N–H and O–H groups in total. The zero-order valence-electron chi connectivity index (χ0n) is 11.9. The van der Waals surface area contributed by atoms with Crippen LogP contribution in [0, 0.1) is 11.3 Å². The van der Waals surface area contributed by atoms with E-state index in [-0.39, 0.29) is 0 Å². The summed E-state index contributed by atoms with van der Waals surface area (Å²) < 4.78 is 0. The van der Waals surface area contributed by atoms with E-state index >= 15 is 0 Å². The third kappa shape index (κ3) is 2.19. The van der Waals surface area contributed by atoms with E-state index in [4.69, 9.17) is 5.26 Å². The summed E-state index contributed by atoms with van der Waals surface area (Å²) >= 11 is 0. The second-order valence-corrected chi connectivity index (χ2v) is 4.99. The Labute approximate surface area is 127 Å². The number of hydrogen-bond donors (Lipinski definition) is 0. The van der Waals surface area contributed by atoms with Gasteiger partial charge in [0.1, 0.15) is 0 Å². The molecular weight excluding hydrogens is 276 g/mol. The Kier molecular flexibility index (Phi) is 3.32. The number of benzene rings is 2. The Morgan fingerprint density at radius 3 is 2.23 bits per heavy atom. The molecule has 0 bridgehead atoms. The number of ketones is 2. The van der Waals surface area contributed by atoms with Gasteiger partial charge < -0.3 is 4.90 Å². The zero-order chi connectivity index (χ0) is 15.7. The van der Waals surface area contributed by atoms with Crippen LogP contribution in [0.25, 0.3) is 5.70 Å². The van der Waals surface area contributed by atoms with Crippen LogP contribution in [-0.4, -0.2) is 18.6 Å². The van der Waals surface area contributed by atoms with Crippen LogP contribution in [0.1, 0.15) is 21.5 Å². The predicted octanol–water partition coefficient (Wildman–Crippen LogP) is 2.80. The maximum atomic E-state index is 12.0. The van der Waals surface area contributed by atoms with Gasteiger partial charge in [0.2, 0.25) is 11.6 Å². The van der Waals surface area contributed by atoms with E-state index < -0.39 is 11.6 Å².